The number of methoxy groups -OCH3 is 1. The Labute approximate surface area is 252 Å². The fraction of sp³-hybridized carbons (Fsp3) is 0.500. The molecule has 2 atom stereocenters. The molecule has 2 aliphatic heterocycles. The zero-order chi connectivity index (χ0) is 30.3. The highest BCUT2D eigenvalue weighted by Gasteiger charge is 2.31. The molecule has 11 heteroatoms. The van der Waals surface area contributed by atoms with Gasteiger partial charge in [-0.2, -0.15) is 0 Å². The Morgan fingerprint density at radius 3 is 1.93 bits per heavy atom. The van der Waals surface area contributed by atoms with Crippen LogP contribution in [0.5, 0.6) is 0 Å². The van der Waals surface area contributed by atoms with Gasteiger partial charge in [0.1, 0.15) is 0 Å². The van der Waals surface area contributed by atoms with E-state index in [0.717, 1.165) is 16.7 Å². The van der Waals surface area contributed by atoms with Gasteiger partial charge in [-0.1, -0.05) is 36.4 Å². The lowest BCUT2D eigenvalue weighted by Gasteiger charge is -2.32. The molecule has 4 rings (SSSR count). The number of hydrogen-bond acceptors (Lipinski definition) is 10. The summed E-state index contributed by atoms with van der Waals surface area (Å²) in [6.45, 7) is 4.29. The van der Waals surface area contributed by atoms with Crippen LogP contribution in [-0.2, 0) is 51.2 Å². The van der Waals surface area contributed by atoms with Crippen molar-refractivity contribution in [3.8, 4) is 0 Å². The first-order chi connectivity index (χ1) is 21.1. The van der Waals surface area contributed by atoms with Crippen molar-refractivity contribution in [1.29, 1.82) is 0 Å². The van der Waals surface area contributed by atoms with Gasteiger partial charge in [0.2, 0.25) is 6.29 Å². The lowest BCUT2D eigenvalue weighted by molar-refractivity contribution is -0.156. The molecule has 0 radical (unpaired) electrons. The lowest BCUT2D eigenvalue weighted by atomic mass is 9.92. The summed E-state index contributed by atoms with van der Waals surface area (Å²) >= 11 is 0. The predicted molar refractivity (Wildman–Crippen MR) is 155 cm³/mol. The Morgan fingerprint density at radius 2 is 1.37 bits per heavy atom. The highest BCUT2D eigenvalue weighted by molar-refractivity contribution is 5.92. The Morgan fingerprint density at radius 1 is 0.814 bits per heavy atom. The monoisotopic (exact) mass is 599 g/mol. The highest BCUT2D eigenvalue weighted by atomic mass is 16.7. The molecule has 1 amide bonds. The first-order valence-electron chi connectivity index (χ1n) is 14.5. The summed E-state index contributed by atoms with van der Waals surface area (Å²) in [5, 5.41) is 9.33. The van der Waals surface area contributed by atoms with Crippen LogP contribution in [0.15, 0.2) is 60.4 Å². The van der Waals surface area contributed by atoms with Crippen molar-refractivity contribution in [2.45, 2.75) is 31.8 Å². The molecule has 0 aromatic heterocycles. The summed E-state index contributed by atoms with van der Waals surface area (Å²) in [6.07, 6.45) is 1.58. The third kappa shape index (κ3) is 10.4. The van der Waals surface area contributed by atoms with E-state index in [1.807, 2.05) is 42.5 Å². The number of aliphatic hydroxyl groups is 1. The number of carbonyl (C=O) groups is 2. The fourth-order valence-electron chi connectivity index (χ4n) is 4.64. The standard InChI is InChI=1S/C32H41NO10/c1-37-32(36)27-8-6-26(7-9-27)28-20-29(43-30(21-28)42-23-25-4-2-24(22-34)3-5-25)31(35)33-10-12-38-14-16-40-18-19-41-17-15-39-13-11-33/h2-9,20,28,30,34H,10-19,21-23H2,1H3. The number of aliphatic hydroxyl groups excluding tert-OH is 1. The molecule has 0 saturated carbocycles. The first-order valence-corrected chi connectivity index (χ1v) is 14.5. The molecule has 234 valence electrons. The van der Waals surface area contributed by atoms with Gasteiger partial charge in [-0.3, -0.25) is 4.79 Å². The maximum atomic E-state index is 13.8. The molecule has 2 aromatic rings. The van der Waals surface area contributed by atoms with Gasteiger partial charge < -0.3 is 43.2 Å². The van der Waals surface area contributed by atoms with Gasteiger partial charge in [0, 0.05) is 25.4 Å². The van der Waals surface area contributed by atoms with Crippen molar-refractivity contribution in [1.82, 2.24) is 4.90 Å². The van der Waals surface area contributed by atoms with E-state index in [-0.39, 0.29) is 30.8 Å². The maximum absolute atomic E-state index is 13.8. The number of amides is 1. The number of esters is 1. The van der Waals surface area contributed by atoms with Gasteiger partial charge in [-0.25, -0.2) is 4.79 Å². The number of carbonyl (C=O) groups excluding carboxylic acids is 2. The van der Waals surface area contributed by atoms with E-state index in [1.165, 1.54) is 7.11 Å². The van der Waals surface area contributed by atoms with Crippen LogP contribution in [0.4, 0.5) is 0 Å². The molecular formula is C32H41NO10. The number of hydrogen-bond donors (Lipinski definition) is 1. The second kappa shape index (κ2) is 17.7. The van der Waals surface area contributed by atoms with Crippen LogP contribution in [0.2, 0.25) is 0 Å². The van der Waals surface area contributed by atoms with E-state index in [1.54, 1.807) is 17.0 Å². The van der Waals surface area contributed by atoms with Gasteiger partial charge in [0.05, 0.1) is 78.7 Å². The summed E-state index contributed by atoms with van der Waals surface area (Å²) in [6, 6.07) is 14.6. The van der Waals surface area contributed by atoms with Crippen LogP contribution < -0.4 is 0 Å². The van der Waals surface area contributed by atoms with Crippen molar-refractivity contribution in [3.63, 3.8) is 0 Å². The molecule has 2 unspecified atom stereocenters. The summed E-state index contributed by atoms with van der Waals surface area (Å²) in [5.74, 6) is -0.733. The van der Waals surface area contributed by atoms with E-state index in [9.17, 15) is 14.7 Å². The largest absolute Gasteiger partial charge is 0.465 e. The molecule has 1 saturated heterocycles. The van der Waals surface area contributed by atoms with Crippen molar-refractivity contribution in [2.24, 2.45) is 0 Å². The molecule has 1 N–H and O–H groups in total. The van der Waals surface area contributed by atoms with Crippen LogP contribution >= 0.6 is 0 Å². The highest BCUT2D eigenvalue weighted by Crippen LogP contribution is 2.33. The van der Waals surface area contributed by atoms with Gasteiger partial charge in [0.15, 0.2) is 5.76 Å². The first kappa shape index (κ1) is 32.6. The third-order valence-corrected chi connectivity index (χ3v) is 7.08. The Balaban J connectivity index is 1.50. The normalized spacial score (nSPS) is 21.1. The van der Waals surface area contributed by atoms with Gasteiger partial charge in [0.25, 0.3) is 5.91 Å². The minimum atomic E-state index is -0.697. The van der Waals surface area contributed by atoms with Crippen molar-refractivity contribution in [3.05, 3.63) is 82.6 Å². The summed E-state index contributed by atoms with van der Waals surface area (Å²) < 4.78 is 39.5. The zero-order valence-electron chi connectivity index (χ0n) is 24.6. The Hall–Kier alpha value is -3.32. The molecule has 43 heavy (non-hydrogen) atoms. The second-order valence-electron chi connectivity index (χ2n) is 10.1. The topological polar surface area (TPSA) is 122 Å². The average Bonchev–Trinajstić information content (AvgIpc) is 3.06. The fourth-order valence-corrected chi connectivity index (χ4v) is 4.64. The molecule has 0 spiro atoms. The zero-order valence-corrected chi connectivity index (χ0v) is 24.6. The summed E-state index contributed by atoms with van der Waals surface area (Å²) in [4.78, 5) is 27.4. The summed E-state index contributed by atoms with van der Waals surface area (Å²) in [5.41, 5.74) is 3.07. The molecule has 11 nitrogen and oxygen atoms in total. The van der Waals surface area contributed by atoms with Gasteiger partial charge >= 0.3 is 5.97 Å². The van der Waals surface area contributed by atoms with Crippen molar-refractivity contribution >= 4 is 11.9 Å². The quantitative estimate of drug-likeness (QED) is 0.476. The molecule has 2 aromatic carbocycles. The van der Waals surface area contributed by atoms with Crippen molar-refractivity contribution < 1.29 is 47.9 Å². The Kier molecular flexibility index (Phi) is 13.4. The number of rotatable bonds is 7. The third-order valence-electron chi connectivity index (χ3n) is 7.08. The van der Waals surface area contributed by atoms with Crippen LogP contribution in [0, 0.1) is 0 Å². The molecule has 2 heterocycles. The van der Waals surface area contributed by atoms with Crippen molar-refractivity contribution in [2.75, 3.05) is 73.1 Å². The minimum absolute atomic E-state index is 0.0340. The molecular weight excluding hydrogens is 558 g/mol. The average molecular weight is 600 g/mol. The van der Waals surface area contributed by atoms with E-state index >= 15 is 0 Å². The number of nitrogens with zero attached hydrogens (tertiary/aromatic N) is 1. The van der Waals surface area contributed by atoms with Gasteiger partial charge in [-0.15, -0.1) is 0 Å². The van der Waals surface area contributed by atoms with Crippen LogP contribution in [0.25, 0.3) is 0 Å². The molecule has 0 bridgehead atoms. The number of benzene rings is 2. The maximum Gasteiger partial charge on any atom is 0.337 e. The number of allylic oxidation sites excluding steroid dienone is 1. The van der Waals surface area contributed by atoms with Crippen LogP contribution in [0.3, 0.4) is 0 Å². The molecule has 2 aliphatic rings. The van der Waals surface area contributed by atoms with Crippen LogP contribution in [-0.4, -0.2) is 101 Å². The Bertz CT molecular complexity index is 1150. The molecule has 0 aliphatic carbocycles. The predicted octanol–water partition coefficient (Wildman–Crippen LogP) is 2.80. The van der Waals surface area contributed by atoms with Gasteiger partial charge in [-0.05, 0) is 34.9 Å². The van der Waals surface area contributed by atoms with Crippen LogP contribution in [0.1, 0.15) is 39.4 Å². The summed E-state index contributed by atoms with van der Waals surface area (Å²) in [7, 11) is 1.34. The number of ether oxygens (including phenoxy) is 7. The minimum Gasteiger partial charge on any atom is -0.465 e. The van der Waals surface area contributed by atoms with E-state index in [2.05, 4.69) is 0 Å². The van der Waals surface area contributed by atoms with E-state index in [0.29, 0.717) is 77.9 Å². The lowest BCUT2D eigenvalue weighted by Crippen LogP contribution is -2.40. The molecule has 1 fully saturated rings. The second-order valence-corrected chi connectivity index (χ2v) is 10.1. The van der Waals surface area contributed by atoms with E-state index in [4.69, 9.17) is 33.2 Å². The smallest absolute Gasteiger partial charge is 0.337 e. The SMILES string of the molecule is COC(=O)c1ccc(C2C=C(C(=O)N3CCOCCOCCOCCOCC3)OC(OCc3ccc(CO)cc3)C2)cc1. The van der Waals surface area contributed by atoms with E-state index < -0.39 is 12.3 Å².